The van der Waals surface area contributed by atoms with Gasteiger partial charge in [0.2, 0.25) is 11.8 Å². The van der Waals surface area contributed by atoms with E-state index in [1.807, 2.05) is 31.2 Å². The summed E-state index contributed by atoms with van der Waals surface area (Å²) < 4.78 is 13.0. The highest BCUT2D eigenvalue weighted by Gasteiger charge is 2.15. The van der Waals surface area contributed by atoms with Gasteiger partial charge in [-0.3, -0.25) is 0 Å². The maximum atomic E-state index is 5.58. The maximum absolute atomic E-state index is 5.58. The number of hydrogen-bond acceptors (Lipinski definition) is 7. The van der Waals surface area contributed by atoms with E-state index in [4.69, 9.17) is 9.15 Å². The zero-order valence-electron chi connectivity index (χ0n) is 15.3. The summed E-state index contributed by atoms with van der Waals surface area (Å²) in [4.78, 5) is 0. The summed E-state index contributed by atoms with van der Waals surface area (Å²) in [5.41, 5.74) is 1.02. The van der Waals surface area contributed by atoms with Gasteiger partial charge >= 0.3 is 0 Å². The van der Waals surface area contributed by atoms with Gasteiger partial charge in [0, 0.05) is 18.5 Å². The topological polar surface area (TPSA) is 78.9 Å². The lowest BCUT2D eigenvalue weighted by molar-refractivity contribution is 0.415. The molecule has 138 valence electrons. The molecule has 8 heteroatoms. The van der Waals surface area contributed by atoms with E-state index in [1.165, 1.54) is 0 Å². The largest absolute Gasteiger partial charge is 0.497 e. The molecule has 3 aromatic rings. The number of aryl methyl sites for hydroxylation is 1. The number of ether oxygens (including phenoxy) is 1. The third kappa shape index (κ3) is 4.24. The minimum absolute atomic E-state index is 0.583. The molecule has 3 rings (SSSR count). The number of thioether (sulfide) groups is 1. The van der Waals surface area contributed by atoms with Crippen LogP contribution < -0.4 is 4.74 Å². The van der Waals surface area contributed by atoms with Crippen LogP contribution in [-0.4, -0.2) is 32.1 Å². The lowest BCUT2D eigenvalue weighted by Gasteiger charge is -2.09. The Labute approximate surface area is 157 Å². The maximum Gasteiger partial charge on any atom is 0.226 e. The van der Waals surface area contributed by atoms with Crippen molar-refractivity contribution in [2.75, 3.05) is 7.11 Å². The van der Waals surface area contributed by atoms with Crippen LogP contribution in [-0.2, 0) is 18.7 Å². The number of unbranched alkanes of at least 4 members (excludes halogenated alkanes) is 1. The first kappa shape index (κ1) is 18.4. The van der Waals surface area contributed by atoms with Crippen LogP contribution >= 0.6 is 11.8 Å². The molecule has 2 heterocycles. The van der Waals surface area contributed by atoms with Gasteiger partial charge < -0.3 is 13.7 Å². The second-order valence-corrected chi connectivity index (χ2v) is 6.71. The Kier molecular flexibility index (Phi) is 6.27. The third-order valence-corrected chi connectivity index (χ3v) is 4.89. The number of methoxy groups -OCH3 is 1. The summed E-state index contributed by atoms with van der Waals surface area (Å²) >= 11 is 1.57. The Morgan fingerprint density at radius 3 is 2.46 bits per heavy atom. The predicted molar refractivity (Wildman–Crippen MR) is 100 cm³/mol. The molecule has 0 amide bonds. The molecule has 0 fully saturated rings. The van der Waals surface area contributed by atoms with Crippen LogP contribution in [0.4, 0.5) is 0 Å². The second kappa shape index (κ2) is 8.84. The van der Waals surface area contributed by atoms with Crippen molar-refractivity contribution in [3.05, 3.63) is 36.0 Å². The molecule has 0 unspecified atom stereocenters. The van der Waals surface area contributed by atoms with Gasteiger partial charge in [0.15, 0.2) is 11.0 Å². The van der Waals surface area contributed by atoms with E-state index in [9.17, 15) is 0 Å². The number of rotatable bonds is 9. The molecule has 1 aromatic carbocycles. The fourth-order valence-electron chi connectivity index (χ4n) is 2.48. The van der Waals surface area contributed by atoms with Crippen molar-refractivity contribution in [2.24, 2.45) is 0 Å². The molecule has 7 nitrogen and oxygen atoms in total. The molecule has 0 saturated heterocycles. The Balaban J connectivity index is 1.81. The summed E-state index contributed by atoms with van der Waals surface area (Å²) in [6.45, 7) is 5.04. The van der Waals surface area contributed by atoms with Crippen LogP contribution in [0, 0.1) is 0 Å². The van der Waals surface area contributed by atoms with Crippen LogP contribution in [0.1, 0.15) is 38.5 Å². The molecule has 0 aliphatic carbocycles. The van der Waals surface area contributed by atoms with Crippen molar-refractivity contribution in [1.29, 1.82) is 0 Å². The first-order valence-corrected chi connectivity index (χ1v) is 9.75. The van der Waals surface area contributed by atoms with Gasteiger partial charge in [0.05, 0.1) is 12.9 Å². The van der Waals surface area contributed by atoms with Gasteiger partial charge in [-0.25, -0.2) is 0 Å². The van der Waals surface area contributed by atoms with Crippen LogP contribution in [0.15, 0.2) is 33.8 Å². The summed E-state index contributed by atoms with van der Waals surface area (Å²) in [7, 11) is 1.66. The Morgan fingerprint density at radius 2 is 1.81 bits per heavy atom. The summed E-state index contributed by atoms with van der Waals surface area (Å²) in [5.74, 6) is 3.55. The fourth-order valence-corrected chi connectivity index (χ4v) is 3.28. The smallest absolute Gasteiger partial charge is 0.226 e. The molecule has 0 bridgehead atoms. The molecular formula is C18H23N5O2S. The summed E-state index contributed by atoms with van der Waals surface area (Å²) in [5, 5.41) is 17.7. The standard InChI is InChI=1S/C18H23N5O2S/c1-4-6-11-23-17(13-7-9-14(24-3)10-8-13)21-22-18(23)26-12-16-20-19-15(5-2)25-16/h7-10H,4-6,11-12H2,1-3H3. The normalized spacial score (nSPS) is 11.0. The van der Waals surface area contributed by atoms with Crippen molar-refractivity contribution in [2.45, 2.75) is 50.6 Å². The molecule has 0 saturated carbocycles. The van der Waals surface area contributed by atoms with E-state index < -0.39 is 0 Å². The van der Waals surface area contributed by atoms with Crippen molar-refractivity contribution >= 4 is 11.8 Å². The van der Waals surface area contributed by atoms with Gasteiger partial charge in [0.25, 0.3) is 0 Å². The van der Waals surface area contributed by atoms with Gasteiger partial charge in [-0.2, -0.15) is 0 Å². The highest BCUT2D eigenvalue weighted by atomic mass is 32.2. The molecule has 26 heavy (non-hydrogen) atoms. The number of nitrogens with zero attached hydrogens (tertiary/aromatic N) is 5. The quantitative estimate of drug-likeness (QED) is 0.525. The number of benzene rings is 1. The van der Waals surface area contributed by atoms with Crippen LogP contribution in [0.5, 0.6) is 5.75 Å². The molecule has 0 spiro atoms. The lowest BCUT2D eigenvalue weighted by Crippen LogP contribution is -2.02. The van der Waals surface area contributed by atoms with Gasteiger partial charge in [-0.15, -0.1) is 20.4 Å². The minimum atomic E-state index is 0.583. The predicted octanol–water partition coefficient (Wildman–Crippen LogP) is 3.99. The third-order valence-electron chi connectivity index (χ3n) is 3.94. The van der Waals surface area contributed by atoms with E-state index >= 15 is 0 Å². The SMILES string of the molecule is CCCCn1c(SCc2nnc(CC)o2)nnc1-c1ccc(OC)cc1. The Bertz CT molecular complexity index is 828. The van der Waals surface area contributed by atoms with Crippen LogP contribution in [0.25, 0.3) is 11.4 Å². The van der Waals surface area contributed by atoms with Crippen LogP contribution in [0.3, 0.4) is 0 Å². The van der Waals surface area contributed by atoms with E-state index in [1.54, 1.807) is 18.9 Å². The van der Waals surface area contributed by atoms with Crippen molar-refractivity contribution in [1.82, 2.24) is 25.0 Å². The van der Waals surface area contributed by atoms with E-state index in [0.29, 0.717) is 17.5 Å². The molecule has 0 aliphatic heterocycles. The first-order valence-electron chi connectivity index (χ1n) is 8.76. The number of hydrogen-bond donors (Lipinski definition) is 0. The van der Waals surface area contributed by atoms with Crippen molar-refractivity contribution in [3.63, 3.8) is 0 Å². The summed E-state index contributed by atoms with van der Waals surface area (Å²) in [6, 6.07) is 7.88. The zero-order chi connectivity index (χ0) is 18.4. The Hall–Kier alpha value is -2.35. The van der Waals surface area contributed by atoms with E-state index in [0.717, 1.165) is 48.1 Å². The lowest BCUT2D eigenvalue weighted by atomic mass is 10.2. The van der Waals surface area contributed by atoms with Gasteiger partial charge in [-0.05, 0) is 30.7 Å². The van der Waals surface area contributed by atoms with E-state index in [-0.39, 0.29) is 0 Å². The average Bonchev–Trinajstić information content (AvgIpc) is 3.31. The molecule has 0 N–H and O–H groups in total. The van der Waals surface area contributed by atoms with Crippen molar-refractivity contribution < 1.29 is 9.15 Å². The monoisotopic (exact) mass is 373 g/mol. The number of aromatic nitrogens is 5. The minimum Gasteiger partial charge on any atom is -0.497 e. The molecule has 0 aliphatic rings. The molecule has 0 atom stereocenters. The van der Waals surface area contributed by atoms with Gasteiger partial charge in [-0.1, -0.05) is 32.0 Å². The first-order chi connectivity index (χ1) is 12.7. The zero-order valence-corrected chi connectivity index (χ0v) is 16.1. The van der Waals surface area contributed by atoms with Crippen LogP contribution in [0.2, 0.25) is 0 Å². The molecule has 0 radical (unpaired) electrons. The summed E-state index contributed by atoms with van der Waals surface area (Å²) in [6.07, 6.45) is 2.91. The second-order valence-electron chi connectivity index (χ2n) is 5.77. The Morgan fingerprint density at radius 1 is 1.04 bits per heavy atom. The fraction of sp³-hybridized carbons (Fsp3) is 0.444. The average molecular weight is 373 g/mol. The van der Waals surface area contributed by atoms with Crippen molar-refractivity contribution in [3.8, 4) is 17.1 Å². The van der Waals surface area contributed by atoms with Gasteiger partial charge in [0.1, 0.15) is 5.75 Å². The molecular weight excluding hydrogens is 350 g/mol. The van der Waals surface area contributed by atoms with E-state index in [2.05, 4.69) is 31.9 Å². The highest BCUT2D eigenvalue weighted by Crippen LogP contribution is 2.27. The highest BCUT2D eigenvalue weighted by molar-refractivity contribution is 7.98. The molecule has 2 aromatic heterocycles.